The van der Waals surface area contributed by atoms with Crippen molar-refractivity contribution in [3.05, 3.63) is 87.5 Å². The monoisotopic (exact) mass is 590 g/mol. The van der Waals surface area contributed by atoms with Crippen LogP contribution in [0.4, 0.5) is 14.9 Å². The fraction of sp³-hybridized carbons (Fsp3) is 0.115. The van der Waals surface area contributed by atoms with Crippen molar-refractivity contribution < 1.29 is 36.1 Å². The molecule has 39 heavy (non-hydrogen) atoms. The molecule has 0 atom stereocenters. The van der Waals surface area contributed by atoms with Crippen molar-refractivity contribution in [1.82, 2.24) is 4.90 Å². The molecule has 13 heteroatoms. The second-order valence-electron chi connectivity index (χ2n) is 8.14. The number of benzene rings is 3. The van der Waals surface area contributed by atoms with Gasteiger partial charge in [0.25, 0.3) is 11.1 Å². The summed E-state index contributed by atoms with van der Waals surface area (Å²) in [5.74, 6) is -1.79. The molecule has 0 unspecified atom stereocenters. The molecule has 9 nitrogen and oxygen atoms in total. The van der Waals surface area contributed by atoms with E-state index in [1.54, 1.807) is 6.07 Å². The van der Waals surface area contributed by atoms with Gasteiger partial charge in [-0.25, -0.2) is 4.39 Å². The summed E-state index contributed by atoms with van der Waals surface area (Å²) in [6, 6.07) is 13.9. The topological polar surface area (TPSA) is 119 Å². The van der Waals surface area contributed by atoms with E-state index < -0.39 is 27.1 Å². The lowest BCUT2D eigenvalue weighted by Gasteiger charge is -2.14. The van der Waals surface area contributed by atoms with Crippen molar-refractivity contribution in [2.24, 2.45) is 0 Å². The summed E-state index contributed by atoms with van der Waals surface area (Å²) in [5, 5.41) is 1.83. The zero-order chi connectivity index (χ0) is 28.3. The van der Waals surface area contributed by atoms with Crippen molar-refractivity contribution >= 4 is 62.3 Å². The standard InChI is InChI=1S/C26H20ClFN2O7S2/c1-15(31)29-18-7-9-19(10-8-18)39(34,35)37-24-20(27)11-16(12-22(24)36-2)13-23-25(32)30(26(33)38-23)14-17-5-3-4-6-21(17)28/h3-13H,14H2,1-2H3,(H,29,31)/b23-13-. The molecule has 1 fully saturated rings. The van der Waals surface area contributed by atoms with E-state index in [1.807, 2.05) is 0 Å². The Balaban J connectivity index is 1.57. The number of nitrogens with one attached hydrogen (secondary N) is 1. The molecule has 0 saturated carbocycles. The van der Waals surface area contributed by atoms with Crippen LogP contribution in [-0.4, -0.2) is 37.5 Å². The Morgan fingerprint density at radius 1 is 1.13 bits per heavy atom. The summed E-state index contributed by atoms with van der Waals surface area (Å²) in [4.78, 5) is 37.3. The number of carbonyl (C=O) groups is 3. The second kappa shape index (κ2) is 11.5. The third-order valence-electron chi connectivity index (χ3n) is 5.37. The number of amides is 3. The van der Waals surface area contributed by atoms with Crippen molar-refractivity contribution in [2.45, 2.75) is 18.4 Å². The second-order valence-corrected chi connectivity index (χ2v) is 11.1. The fourth-order valence-electron chi connectivity index (χ4n) is 3.55. The molecule has 0 spiro atoms. The third kappa shape index (κ3) is 6.41. The first-order valence-electron chi connectivity index (χ1n) is 11.2. The van der Waals surface area contributed by atoms with Gasteiger partial charge in [0.1, 0.15) is 10.7 Å². The third-order valence-corrected chi connectivity index (χ3v) is 7.79. The van der Waals surface area contributed by atoms with Crippen LogP contribution in [0.25, 0.3) is 6.08 Å². The van der Waals surface area contributed by atoms with Gasteiger partial charge in [0.05, 0.1) is 23.6 Å². The molecule has 0 aliphatic carbocycles. The Morgan fingerprint density at radius 3 is 2.46 bits per heavy atom. The molecule has 202 valence electrons. The lowest BCUT2D eigenvalue weighted by Crippen LogP contribution is -2.27. The average Bonchev–Trinajstić information content (AvgIpc) is 3.14. The van der Waals surface area contributed by atoms with Gasteiger partial charge in [-0.2, -0.15) is 8.42 Å². The number of hydrogen-bond acceptors (Lipinski definition) is 8. The smallest absolute Gasteiger partial charge is 0.339 e. The highest BCUT2D eigenvalue weighted by atomic mass is 35.5. The van der Waals surface area contributed by atoms with Gasteiger partial charge in [-0.3, -0.25) is 19.3 Å². The van der Waals surface area contributed by atoms with Crippen molar-refractivity contribution in [3.8, 4) is 11.5 Å². The molecular weight excluding hydrogens is 571 g/mol. The predicted octanol–water partition coefficient (Wildman–Crippen LogP) is 5.45. The van der Waals surface area contributed by atoms with Gasteiger partial charge in [-0.15, -0.1) is 0 Å². The molecule has 0 radical (unpaired) electrons. The molecule has 0 bridgehead atoms. The number of thioether (sulfide) groups is 1. The van der Waals surface area contributed by atoms with E-state index in [1.165, 1.54) is 74.7 Å². The van der Waals surface area contributed by atoms with Crippen molar-refractivity contribution in [2.75, 3.05) is 12.4 Å². The number of carbonyl (C=O) groups excluding carboxylic acids is 3. The average molecular weight is 591 g/mol. The number of rotatable bonds is 8. The Bertz CT molecular complexity index is 1610. The van der Waals surface area contributed by atoms with Crippen LogP contribution in [0.2, 0.25) is 5.02 Å². The zero-order valence-corrected chi connectivity index (χ0v) is 22.8. The summed E-state index contributed by atoms with van der Waals surface area (Å²) >= 11 is 7.01. The van der Waals surface area contributed by atoms with Crippen LogP contribution >= 0.6 is 23.4 Å². The van der Waals surface area contributed by atoms with Crippen LogP contribution in [0.5, 0.6) is 11.5 Å². The molecule has 3 aromatic carbocycles. The van der Waals surface area contributed by atoms with Crippen LogP contribution in [0.1, 0.15) is 18.1 Å². The normalized spacial score (nSPS) is 14.6. The van der Waals surface area contributed by atoms with Crippen molar-refractivity contribution in [3.63, 3.8) is 0 Å². The van der Waals surface area contributed by atoms with E-state index in [0.717, 1.165) is 4.90 Å². The molecule has 1 N–H and O–H groups in total. The Labute approximate surface area is 232 Å². The van der Waals surface area contributed by atoms with Crippen molar-refractivity contribution in [1.29, 1.82) is 0 Å². The Morgan fingerprint density at radius 2 is 1.82 bits per heavy atom. The maximum Gasteiger partial charge on any atom is 0.339 e. The van der Waals surface area contributed by atoms with E-state index >= 15 is 0 Å². The molecule has 3 amide bonds. The minimum absolute atomic E-state index is 0.0437. The van der Waals surface area contributed by atoms with Crippen LogP contribution < -0.4 is 14.2 Å². The number of nitrogens with zero attached hydrogens (tertiary/aromatic N) is 1. The Kier molecular flexibility index (Phi) is 8.28. The largest absolute Gasteiger partial charge is 0.493 e. The van der Waals surface area contributed by atoms with Gasteiger partial charge in [0.15, 0.2) is 5.75 Å². The molecule has 3 aromatic rings. The lowest BCUT2D eigenvalue weighted by atomic mass is 10.1. The number of methoxy groups -OCH3 is 1. The maximum absolute atomic E-state index is 14.0. The molecular formula is C26H20ClFN2O7S2. The van der Waals surface area contributed by atoms with Gasteiger partial charge in [-0.1, -0.05) is 29.8 Å². The molecule has 1 aliphatic heterocycles. The van der Waals surface area contributed by atoms with Gasteiger partial charge in [0.2, 0.25) is 11.7 Å². The highest BCUT2D eigenvalue weighted by Crippen LogP contribution is 2.40. The van der Waals surface area contributed by atoms with Crippen LogP contribution in [0, 0.1) is 5.82 Å². The maximum atomic E-state index is 14.0. The summed E-state index contributed by atoms with van der Waals surface area (Å²) in [7, 11) is -3.06. The molecule has 1 saturated heterocycles. The zero-order valence-electron chi connectivity index (χ0n) is 20.4. The summed E-state index contributed by atoms with van der Waals surface area (Å²) in [6.07, 6.45) is 1.39. The fourth-order valence-corrected chi connectivity index (χ4v) is 5.65. The number of halogens is 2. The van der Waals surface area contributed by atoms with E-state index in [0.29, 0.717) is 23.0 Å². The summed E-state index contributed by atoms with van der Waals surface area (Å²) in [5.41, 5.74) is 0.926. The molecule has 4 rings (SSSR count). The number of imide groups is 1. The number of hydrogen-bond donors (Lipinski definition) is 1. The van der Waals surface area contributed by atoms with E-state index in [9.17, 15) is 27.2 Å². The first-order chi connectivity index (χ1) is 18.5. The van der Waals surface area contributed by atoms with Crippen LogP contribution in [-0.2, 0) is 26.3 Å². The molecule has 1 heterocycles. The van der Waals surface area contributed by atoms with Crippen LogP contribution in [0.15, 0.2) is 70.5 Å². The van der Waals surface area contributed by atoms with Gasteiger partial charge < -0.3 is 14.2 Å². The van der Waals surface area contributed by atoms with Crippen LogP contribution in [0.3, 0.4) is 0 Å². The van der Waals surface area contributed by atoms with Gasteiger partial charge >= 0.3 is 10.1 Å². The molecule has 1 aliphatic rings. The highest BCUT2D eigenvalue weighted by molar-refractivity contribution is 8.18. The lowest BCUT2D eigenvalue weighted by molar-refractivity contribution is -0.123. The van der Waals surface area contributed by atoms with Gasteiger partial charge in [0, 0.05) is 18.2 Å². The van der Waals surface area contributed by atoms with E-state index in [2.05, 4.69) is 5.32 Å². The minimum atomic E-state index is -4.34. The SMILES string of the molecule is COc1cc(/C=C2\SC(=O)N(Cc3ccccc3F)C2=O)cc(Cl)c1OS(=O)(=O)c1ccc(NC(C)=O)cc1. The number of anilines is 1. The first-order valence-corrected chi connectivity index (χ1v) is 13.8. The van der Waals surface area contributed by atoms with Gasteiger partial charge in [-0.05, 0) is 65.9 Å². The first kappa shape index (κ1) is 28.1. The minimum Gasteiger partial charge on any atom is -0.493 e. The van der Waals surface area contributed by atoms with E-state index in [4.69, 9.17) is 20.5 Å². The molecule has 0 aromatic heterocycles. The quantitative estimate of drug-likeness (QED) is 0.272. The summed E-state index contributed by atoms with van der Waals surface area (Å²) < 4.78 is 50.3. The predicted molar refractivity (Wildman–Crippen MR) is 144 cm³/mol. The summed E-state index contributed by atoms with van der Waals surface area (Å²) in [6.45, 7) is 1.10. The number of ether oxygens (including phenoxy) is 1. The Hall–Kier alpha value is -3.87. The van der Waals surface area contributed by atoms with E-state index in [-0.39, 0.29) is 44.3 Å². The highest BCUT2D eigenvalue weighted by Gasteiger charge is 2.35.